The van der Waals surface area contributed by atoms with E-state index in [-0.39, 0.29) is 10.1 Å². The number of thiophene rings is 1. The van der Waals surface area contributed by atoms with Crippen LogP contribution in [0.3, 0.4) is 0 Å². The van der Waals surface area contributed by atoms with Gasteiger partial charge in [0, 0.05) is 16.3 Å². The van der Waals surface area contributed by atoms with Gasteiger partial charge < -0.3 is 5.32 Å². The van der Waals surface area contributed by atoms with Crippen molar-refractivity contribution in [1.82, 2.24) is 0 Å². The molecule has 4 aromatic rings. The van der Waals surface area contributed by atoms with E-state index in [9.17, 15) is 13.2 Å². The van der Waals surface area contributed by atoms with Crippen LogP contribution in [-0.2, 0) is 14.8 Å². The maximum absolute atomic E-state index is 13.2. The smallest absolute Gasteiger partial charge is 0.271 e. The van der Waals surface area contributed by atoms with E-state index in [1.807, 2.05) is 73.7 Å². The normalized spacial score (nSPS) is 12.2. The Labute approximate surface area is 201 Å². The van der Waals surface area contributed by atoms with Gasteiger partial charge in [-0.3, -0.25) is 9.52 Å². The number of hydrogen-bond donors (Lipinski definition) is 2. The highest BCUT2D eigenvalue weighted by Gasteiger charge is 2.22. The van der Waals surface area contributed by atoms with Gasteiger partial charge in [0.2, 0.25) is 5.91 Å². The van der Waals surface area contributed by atoms with Gasteiger partial charge >= 0.3 is 0 Å². The maximum Gasteiger partial charge on any atom is 0.271 e. The summed E-state index contributed by atoms with van der Waals surface area (Å²) in [6.45, 7) is 1.98. The van der Waals surface area contributed by atoms with Crippen LogP contribution in [0.2, 0.25) is 0 Å². The van der Waals surface area contributed by atoms with Crippen molar-refractivity contribution in [2.24, 2.45) is 0 Å². The first-order valence-corrected chi connectivity index (χ1v) is 13.4. The molecule has 8 heteroatoms. The molecule has 0 fully saturated rings. The second-order valence-corrected chi connectivity index (χ2v) is 11.4. The first kappa shape index (κ1) is 23.1. The molecule has 1 atom stereocenters. The molecule has 0 radical (unpaired) electrons. The molecule has 0 aliphatic rings. The van der Waals surface area contributed by atoms with Crippen molar-refractivity contribution in [2.75, 3.05) is 10.0 Å². The average Bonchev–Trinajstić information content (AvgIpc) is 3.35. The van der Waals surface area contributed by atoms with E-state index < -0.39 is 15.3 Å². The van der Waals surface area contributed by atoms with Crippen LogP contribution < -0.4 is 10.0 Å². The summed E-state index contributed by atoms with van der Waals surface area (Å²) in [7, 11) is -3.60. The molecule has 3 aromatic carbocycles. The van der Waals surface area contributed by atoms with Crippen LogP contribution in [0.25, 0.3) is 0 Å². The van der Waals surface area contributed by atoms with E-state index in [2.05, 4.69) is 10.0 Å². The van der Waals surface area contributed by atoms with Crippen molar-refractivity contribution in [3.8, 4) is 0 Å². The van der Waals surface area contributed by atoms with Crippen LogP contribution in [0.4, 0.5) is 11.4 Å². The third-order valence-corrected chi connectivity index (χ3v) is 8.79. The molecule has 1 unspecified atom stereocenters. The van der Waals surface area contributed by atoms with Gasteiger partial charge in [0.15, 0.2) is 0 Å². The number of carbonyl (C=O) groups is 1. The highest BCUT2D eigenvalue weighted by Crippen LogP contribution is 2.37. The zero-order valence-corrected chi connectivity index (χ0v) is 20.2. The Hall–Kier alpha value is -3.07. The Morgan fingerprint density at radius 1 is 0.879 bits per heavy atom. The molecule has 1 aromatic heterocycles. The fraction of sp³-hybridized carbons (Fsp3) is 0.0800. The number of nitrogens with one attached hydrogen (secondary N) is 2. The number of sulfonamides is 1. The minimum atomic E-state index is -3.60. The van der Waals surface area contributed by atoms with Crippen LogP contribution in [0.1, 0.15) is 16.4 Å². The third-order valence-electron chi connectivity index (χ3n) is 4.75. The molecule has 0 aliphatic heterocycles. The number of anilines is 2. The fourth-order valence-electron chi connectivity index (χ4n) is 3.19. The van der Waals surface area contributed by atoms with Crippen molar-refractivity contribution >= 4 is 50.4 Å². The SMILES string of the molecule is Cc1cccc(NC(=O)C(Sc2ccc(NS(=O)(=O)c3cccs3)cc2)c2ccccc2)c1. The molecule has 0 spiro atoms. The molecule has 0 bridgehead atoms. The van der Waals surface area contributed by atoms with Gasteiger partial charge in [0.05, 0.1) is 0 Å². The number of carbonyl (C=O) groups excluding carboxylic acids is 1. The molecule has 33 heavy (non-hydrogen) atoms. The molecule has 2 N–H and O–H groups in total. The summed E-state index contributed by atoms with van der Waals surface area (Å²) in [5.41, 5.74) is 3.17. The second kappa shape index (κ2) is 10.2. The lowest BCUT2D eigenvalue weighted by molar-refractivity contribution is -0.115. The quantitative estimate of drug-likeness (QED) is 0.281. The standard InChI is InChI=1S/C25H22N2O3S3/c1-18-7-5-10-21(17-18)26-25(28)24(19-8-3-2-4-9-19)32-22-14-12-20(13-15-22)27-33(29,30)23-11-6-16-31-23/h2-17,24,27H,1H3,(H,26,28). The summed E-state index contributed by atoms with van der Waals surface area (Å²) < 4.78 is 27.7. The van der Waals surface area contributed by atoms with Crippen LogP contribution in [0, 0.1) is 6.92 Å². The molecule has 0 saturated heterocycles. The molecule has 0 saturated carbocycles. The average molecular weight is 495 g/mol. The Morgan fingerprint density at radius 3 is 2.30 bits per heavy atom. The van der Waals surface area contributed by atoms with E-state index in [4.69, 9.17) is 0 Å². The Balaban J connectivity index is 1.52. The molecule has 4 rings (SSSR count). The zero-order chi connectivity index (χ0) is 23.3. The minimum absolute atomic E-state index is 0.126. The summed E-state index contributed by atoms with van der Waals surface area (Å²) >= 11 is 2.57. The molecule has 5 nitrogen and oxygen atoms in total. The molecular weight excluding hydrogens is 472 g/mol. The van der Waals surface area contributed by atoms with Gasteiger partial charge in [-0.2, -0.15) is 0 Å². The fourth-order valence-corrected chi connectivity index (χ4v) is 6.27. The zero-order valence-electron chi connectivity index (χ0n) is 17.8. The Morgan fingerprint density at radius 2 is 1.64 bits per heavy atom. The molecule has 168 valence electrons. The largest absolute Gasteiger partial charge is 0.325 e. The van der Waals surface area contributed by atoms with Gasteiger partial charge in [-0.15, -0.1) is 23.1 Å². The maximum atomic E-state index is 13.2. The van der Waals surface area contributed by atoms with Crippen molar-refractivity contribution in [2.45, 2.75) is 21.3 Å². The number of benzene rings is 3. The van der Waals surface area contributed by atoms with Crippen molar-refractivity contribution in [1.29, 1.82) is 0 Å². The third kappa shape index (κ3) is 6.04. The lowest BCUT2D eigenvalue weighted by Crippen LogP contribution is -2.19. The summed E-state index contributed by atoms with van der Waals surface area (Å²) in [5, 5.41) is 4.26. The second-order valence-electron chi connectivity index (χ2n) is 7.33. The monoisotopic (exact) mass is 494 g/mol. The van der Waals surface area contributed by atoms with E-state index in [0.29, 0.717) is 5.69 Å². The summed E-state index contributed by atoms with van der Waals surface area (Å²) in [6.07, 6.45) is 0. The highest BCUT2D eigenvalue weighted by atomic mass is 32.2. The highest BCUT2D eigenvalue weighted by molar-refractivity contribution is 8.00. The number of thioether (sulfide) groups is 1. The van der Waals surface area contributed by atoms with Crippen LogP contribution in [0.15, 0.2) is 105 Å². The number of amides is 1. The number of rotatable bonds is 8. The van der Waals surface area contributed by atoms with Crippen LogP contribution in [-0.4, -0.2) is 14.3 Å². The number of aryl methyl sites for hydroxylation is 1. The summed E-state index contributed by atoms with van der Waals surface area (Å²) in [4.78, 5) is 14.0. The lowest BCUT2D eigenvalue weighted by Gasteiger charge is -2.17. The Bertz CT molecular complexity index is 1320. The van der Waals surface area contributed by atoms with Crippen molar-refractivity contribution in [3.63, 3.8) is 0 Å². The van der Waals surface area contributed by atoms with Crippen LogP contribution in [0.5, 0.6) is 0 Å². The first-order valence-electron chi connectivity index (χ1n) is 10.2. The lowest BCUT2D eigenvalue weighted by atomic mass is 10.1. The van der Waals surface area contributed by atoms with E-state index in [1.165, 1.54) is 11.8 Å². The molecular formula is C25H22N2O3S3. The molecule has 0 aliphatic carbocycles. The summed E-state index contributed by atoms with van der Waals surface area (Å²) in [5.74, 6) is -0.126. The van der Waals surface area contributed by atoms with Gasteiger partial charge in [0.25, 0.3) is 10.0 Å². The topological polar surface area (TPSA) is 75.3 Å². The first-order chi connectivity index (χ1) is 15.9. The van der Waals surface area contributed by atoms with Gasteiger partial charge in [-0.05, 0) is 65.9 Å². The van der Waals surface area contributed by atoms with Gasteiger partial charge in [-0.1, -0.05) is 48.5 Å². The predicted molar refractivity (Wildman–Crippen MR) is 136 cm³/mol. The predicted octanol–water partition coefficient (Wildman–Crippen LogP) is 6.33. The summed E-state index contributed by atoms with van der Waals surface area (Å²) in [6, 6.07) is 27.6. The van der Waals surface area contributed by atoms with Gasteiger partial charge in [-0.25, -0.2) is 8.42 Å². The Kier molecular flexibility index (Phi) is 7.17. The van der Waals surface area contributed by atoms with Gasteiger partial charge in [0.1, 0.15) is 9.46 Å². The van der Waals surface area contributed by atoms with Crippen LogP contribution >= 0.6 is 23.1 Å². The van der Waals surface area contributed by atoms with Crippen molar-refractivity contribution < 1.29 is 13.2 Å². The minimum Gasteiger partial charge on any atom is -0.325 e. The van der Waals surface area contributed by atoms with Crippen molar-refractivity contribution in [3.05, 3.63) is 108 Å². The van der Waals surface area contributed by atoms with E-state index in [1.54, 1.807) is 29.6 Å². The van der Waals surface area contributed by atoms with E-state index >= 15 is 0 Å². The number of hydrogen-bond acceptors (Lipinski definition) is 5. The molecule has 1 heterocycles. The molecule has 1 amide bonds. The van der Waals surface area contributed by atoms with E-state index in [0.717, 1.165) is 33.0 Å².